The average molecular weight is 267 g/mol. The molecule has 1 amide bonds. The van der Waals surface area contributed by atoms with Gasteiger partial charge in [-0.3, -0.25) is 14.5 Å². The van der Waals surface area contributed by atoms with Crippen molar-refractivity contribution in [2.45, 2.75) is 18.9 Å². The van der Waals surface area contributed by atoms with Gasteiger partial charge in [-0.2, -0.15) is 0 Å². The topological polar surface area (TPSA) is 63.4 Å². The smallest absolute Gasteiger partial charge is 0.234 e. The molecule has 96 valence electrons. The Hall–Kier alpha value is -1.39. The van der Waals surface area contributed by atoms with Crippen molar-refractivity contribution in [3.8, 4) is 0 Å². The van der Waals surface area contributed by atoms with E-state index in [1.54, 1.807) is 24.3 Å². The van der Waals surface area contributed by atoms with Crippen LogP contribution in [-0.4, -0.2) is 35.7 Å². The number of rotatable bonds is 4. The van der Waals surface area contributed by atoms with Gasteiger partial charge in [0.1, 0.15) is 0 Å². The van der Waals surface area contributed by atoms with Crippen LogP contribution in [0.2, 0.25) is 5.02 Å². The molecule has 4 nitrogen and oxygen atoms in total. The lowest BCUT2D eigenvalue weighted by Crippen LogP contribution is -2.42. The van der Waals surface area contributed by atoms with E-state index in [-0.39, 0.29) is 24.3 Å². The Morgan fingerprint density at radius 3 is 2.61 bits per heavy atom. The molecule has 1 aliphatic rings. The van der Waals surface area contributed by atoms with E-state index in [9.17, 15) is 9.59 Å². The molecule has 0 bridgehead atoms. The van der Waals surface area contributed by atoms with Crippen molar-refractivity contribution < 1.29 is 9.59 Å². The number of halogens is 1. The Kier molecular flexibility index (Phi) is 3.99. The van der Waals surface area contributed by atoms with Gasteiger partial charge in [-0.1, -0.05) is 11.6 Å². The van der Waals surface area contributed by atoms with Gasteiger partial charge in [0.25, 0.3) is 0 Å². The van der Waals surface area contributed by atoms with Crippen molar-refractivity contribution in [1.82, 2.24) is 4.90 Å². The molecular formula is C13H15ClN2O2. The van der Waals surface area contributed by atoms with E-state index < -0.39 is 0 Å². The molecule has 1 aromatic rings. The van der Waals surface area contributed by atoms with Crippen LogP contribution in [0.25, 0.3) is 0 Å². The fourth-order valence-corrected chi connectivity index (χ4v) is 2.38. The first-order chi connectivity index (χ1) is 8.58. The van der Waals surface area contributed by atoms with E-state index in [4.69, 9.17) is 17.3 Å². The first kappa shape index (κ1) is 13.1. The highest BCUT2D eigenvalue weighted by atomic mass is 35.5. The summed E-state index contributed by atoms with van der Waals surface area (Å²) in [5.41, 5.74) is 5.92. The number of nitrogens with two attached hydrogens (primary N) is 1. The van der Waals surface area contributed by atoms with Crippen LogP contribution in [0.15, 0.2) is 24.3 Å². The molecule has 0 aliphatic carbocycles. The van der Waals surface area contributed by atoms with Gasteiger partial charge in [-0.15, -0.1) is 0 Å². The summed E-state index contributed by atoms with van der Waals surface area (Å²) in [6, 6.07) is 6.45. The van der Waals surface area contributed by atoms with Crippen molar-refractivity contribution in [2.75, 3.05) is 13.1 Å². The molecule has 2 N–H and O–H groups in total. The fraction of sp³-hybridized carbons (Fsp3) is 0.385. The van der Waals surface area contributed by atoms with Crippen LogP contribution in [0.4, 0.5) is 0 Å². The molecule has 0 spiro atoms. The van der Waals surface area contributed by atoms with Crippen LogP contribution in [0, 0.1) is 0 Å². The molecule has 0 saturated carbocycles. The number of carbonyl (C=O) groups is 2. The lowest BCUT2D eigenvalue weighted by atomic mass is 10.1. The molecule has 1 fully saturated rings. The minimum Gasteiger partial charge on any atom is -0.368 e. The molecule has 1 saturated heterocycles. The second-order valence-electron chi connectivity index (χ2n) is 4.46. The maximum absolute atomic E-state index is 12.0. The Morgan fingerprint density at radius 1 is 1.33 bits per heavy atom. The SMILES string of the molecule is NC(=O)C1CCCN1CC(=O)c1ccc(Cl)cc1. The maximum atomic E-state index is 12.0. The molecular weight excluding hydrogens is 252 g/mol. The second-order valence-corrected chi connectivity index (χ2v) is 4.90. The van der Waals surface area contributed by atoms with Crippen molar-refractivity contribution in [3.05, 3.63) is 34.9 Å². The molecule has 5 heteroatoms. The largest absolute Gasteiger partial charge is 0.368 e. The minimum absolute atomic E-state index is 0.0141. The quantitative estimate of drug-likeness (QED) is 0.840. The number of Topliss-reactive ketones (excluding diaryl/α,β-unsaturated/α-hetero) is 1. The van der Waals surface area contributed by atoms with Crippen LogP contribution >= 0.6 is 11.6 Å². The van der Waals surface area contributed by atoms with Gasteiger partial charge in [0.05, 0.1) is 12.6 Å². The summed E-state index contributed by atoms with van der Waals surface area (Å²) >= 11 is 5.77. The number of amides is 1. The Morgan fingerprint density at radius 2 is 2.00 bits per heavy atom. The van der Waals surface area contributed by atoms with Crippen LogP contribution < -0.4 is 5.73 Å². The predicted molar refractivity (Wildman–Crippen MR) is 69.6 cm³/mol. The number of primary amides is 1. The number of hydrogen-bond acceptors (Lipinski definition) is 3. The summed E-state index contributed by atoms with van der Waals surface area (Å²) in [7, 11) is 0. The number of carbonyl (C=O) groups excluding carboxylic acids is 2. The van der Waals surface area contributed by atoms with Crippen LogP contribution in [0.3, 0.4) is 0 Å². The van der Waals surface area contributed by atoms with Crippen molar-refractivity contribution in [1.29, 1.82) is 0 Å². The summed E-state index contributed by atoms with van der Waals surface area (Å²) in [4.78, 5) is 25.1. The highest BCUT2D eigenvalue weighted by molar-refractivity contribution is 6.30. The molecule has 18 heavy (non-hydrogen) atoms. The van der Waals surface area contributed by atoms with Crippen molar-refractivity contribution >= 4 is 23.3 Å². The monoisotopic (exact) mass is 266 g/mol. The van der Waals surface area contributed by atoms with Gasteiger partial charge in [-0.25, -0.2) is 0 Å². The number of benzene rings is 1. The lowest BCUT2D eigenvalue weighted by Gasteiger charge is -2.20. The van der Waals surface area contributed by atoms with Gasteiger partial charge >= 0.3 is 0 Å². The van der Waals surface area contributed by atoms with E-state index in [0.717, 1.165) is 19.4 Å². The highest BCUT2D eigenvalue weighted by Gasteiger charge is 2.30. The molecule has 2 rings (SSSR count). The summed E-state index contributed by atoms with van der Waals surface area (Å²) in [5, 5.41) is 0.600. The average Bonchev–Trinajstić information content (AvgIpc) is 2.78. The molecule has 1 aromatic carbocycles. The van der Waals surface area contributed by atoms with Crippen LogP contribution in [0.1, 0.15) is 23.2 Å². The summed E-state index contributed by atoms with van der Waals surface area (Å²) < 4.78 is 0. The van der Waals surface area contributed by atoms with E-state index >= 15 is 0 Å². The third-order valence-electron chi connectivity index (χ3n) is 3.20. The van der Waals surface area contributed by atoms with E-state index in [1.807, 2.05) is 4.90 Å². The van der Waals surface area contributed by atoms with E-state index in [1.165, 1.54) is 0 Å². The van der Waals surface area contributed by atoms with Gasteiger partial charge < -0.3 is 5.73 Å². The molecule has 1 heterocycles. The third kappa shape index (κ3) is 2.89. The zero-order valence-corrected chi connectivity index (χ0v) is 10.7. The van der Waals surface area contributed by atoms with Gasteiger partial charge in [-0.05, 0) is 43.7 Å². The van der Waals surface area contributed by atoms with Crippen molar-refractivity contribution in [3.63, 3.8) is 0 Å². The maximum Gasteiger partial charge on any atom is 0.234 e. The molecule has 0 aromatic heterocycles. The molecule has 1 unspecified atom stereocenters. The van der Waals surface area contributed by atoms with Gasteiger partial charge in [0.15, 0.2) is 5.78 Å². The first-order valence-corrected chi connectivity index (χ1v) is 6.28. The first-order valence-electron chi connectivity index (χ1n) is 5.90. The normalized spacial score (nSPS) is 19.9. The number of likely N-dealkylation sites (tertiary alicyclic amines) is 1. The zero-order chi connectivity index (χ0) is 13.1. The highest BCUT2D eigenvalue weighted by Crippen LogP contribution is 2.18. The Balaban J connectivity index is 2.03. The third-order valence-corrected chi connectivity index (χ3v) is 3.46. The summed E-state index contributed by atoms with van der Waals surface area (Å²) in [6.45, 7) is 0.974. The van der Waals surface area contributed by atoms with Gasteiger partial charge in [0, 0.05) is 10.6 Å². The molecule has 1 aliphatic heterocycles. The van der Waals surface area contributed by atoms with E-state index in [2.05, 4.69) is 0 Å². The van der Waals surface area contributed by atoms with Gasteiger partial charge in [0.2, 0.25) is 5.91 Å². The zero-order valence-electron chi connectivity index (χ0n) is 9.93. The minimum atomic E-state index is -0.351. The lowest BCUT2D eigenvalue weighted by molar-refractivity contribution is -0.122. The van der Waals surface area contributed by atoms with Crippen molar-refractivity contribution in [2.24, 2.45) is 5.73 Å². The Labute approximate surface area is 111 Å². The Bertz CT molecular complexity index is 459. The summed E-state index contributed by atoms with van der Waals surface area (Å²) in [6.07, 6.45) is 1.64. The second kappa shape index (κ2) is 5.50. The number of ketones is 1. The molecule has 1 atom stereocenters. The number of hydrogen-bond donors (Lipinski definition) is 1. The van der Waals surface area contributed by atoms with Crippen LogP contribution in [-0.2, 0) is 4.79 Å². The molecule has 0 radical (unpaired) electrons. The summed E-state index contributed by atoms with van der Waals surface area (Å²) in [5.74, 6) is -0.365. The van der Waals surface area contributed by atoms with E-state index in [0.29, 0.717) is 10.6 Å². The fourth-order valence-electron chi connectivity index (χ4n) is 2.25. The predicted octanol–water partition coefficient (Wildman–Crippen LogP) is 1.47. The standard InChI is InChI=1S/C13H15ClN2O2/c14-10-5-3-9(4-6-10)12(17)8-16-7-1-2-11(16)13(15)18/h3-6,11H,1-2,7-8H2,(H2,15,18). The number of nitrogens with zero attached hydrogens (tertiary/aromatic N) is 1. The van der Waals surface area contributed by atoms with Crippen LogP contribution in [0.5, 0.6) is 0 Å².